The van der Waals surface area contributed by atoms with E-state index in [1.807, 2.05) is 19.9 Å². The first-order valence-electron chi connectivity index (χ1n) is 8.38. The van der Waals surface area contributed by atoms with Crippen LogP contribution in [0.4, 0.5) is 18.9 Å². The minimum absolute atomic E-state index is 0.243. The maximum atomic E-state index is 12.2. The molecule has 0 radical (unpaired) electrons. The van der Waals surface area contributed by atoms with Crippen molar-refractivity contribution >= 4 is 11.6 Å². The van der Waals surface area contributed by atoms with E-state index in [1.165, 1.54) is 24.3 Å². The van der Waals surface area contributed by atoms with Gasteiger partial charge in [-0.3, -0.25) is 9.59 Å². The van der Waals surface area contributed by atoms with Gasteiger partial charge in [0.25, 0.3) is 5.56 Å². The summed E-state index contributed by atoms with van der Waals surface area (Å²) in [6.07, 6.45) is -4.80. The van der Waals surface area contributed by atoms with Gasteiger partial charge in [0, 0.05) is 17.4 Å². The Morgan fingerprint density at radius 2 is 1.79 bits per heavy atom. The number of aromatic nitrogens is 4. The number of carbonyl (C=O) groups excluding carboxylic acids is 1. The van der Waals surface area contributed by atoms with E-state index in [1.54, 1.807) is 4.68 Å². The zero-order valence-corrected chi connectivity index (χ0v) is 15.4. The predicted molar refractivity (Wildman–Crippen MR) is 96.8 cm³/mol. The molecule has 2 aromatic heterocycles. The van der Waals surface area contributed by atoms with Gasteiger partial charge in [-0.1, -0.05) is 0 Å². The molecule has 0 saturated carbocycles. The van der Waals surface area contributed by atoms with Gasteiger partial charge in [-0.2, -0.15) is 5.10 Å². The first-order valence-corrected chi connectivity index (χ1v) is 8.38. The SMILES string of the molecule is Cc1cc(C)n(-c2ccc(=O)n(CC(=O)Nc3ccc(OC(F)(F)F)cc3)n2)n1. The second-order valence-electron chi connectivity index (χ2n) is 6.15. The monoisotopic (exact) mass is 407 g/mol. The van der Waals surface area contributed by atoms with Crippen LogP contribution in [0.25, 0.3) is 5.82 Å². The van der Waals surface area contributed by atoms with Crippen LogP contribution in [0.1, 0.15) is 11.4 Å². The van der Waals surface area contributed by atoms with E-state index in [0.717, 1.165) is 28.2 Å². The molecule has 0 aliphatic carbocycles. The number of anilines is 1. The van der Waals surface area contributed by atoms with Crippen LogP contribution in [-0.4, -0.2) is 31.8 Å². The highest BCUT2D eigenvalue weighted by molar-refractivity contribution is 5.90. The Morgan fingerprint density at radius 3 is 2.38 bits per heavy atom. The number of nitrogens with zero attached hydrogens (tertiary/aromatic N) is 4. The number of alkyl halides is 3. The fourth-order valence-electron chi connectivity index (χ4n) is 2.60. The second kappa shape index (κ2) is 7.78. The summed E-state index contributed by atoms with van der Waals surface area (Å²) in [5, 5.41) is 10.9. The lowest BCUT2D eigenvalue weighted by molar-refractivity contribution is -0.274. The van der Waals surface area contributed by atoms with E-state index in [9.17, 15) is 22.8 Å². The summed E-state index contributed by atoms with van der Waals surface area (Å²) in [6, 6.07) is 9.25. The van der Waals surface area contributed by atoms with Crippen LogP contribution in [0, 0.1) is 13.8 Å². The number of hydrogen-bond acceptors (Lipinski definition) is 5. The molecule has 0 spiro atoms. The molecule has 3 rings (SSSR count). The molecule has 2 heterocycles. The Morgan fingerprint density at radius 1 is 1.10 bits per heavy atom. The molecule has 11 heteroatoms. The lowest BCUT2D eigenvalue weighted by atomic mass is 10.3. The number of benzene rings is 1. The largest absolute Gasteiger partial charge is 0.573 e. The molecule has 1 amide bonds. The van der Waals surface area contributed by atoms with Gasteiger partial charge in [0.2, 0.25) is 5.91 Å². The standard InChI is InChI=1S/C18H16F3N5O3/c1-11-9-12(2)26(23-11)15-7-8-17(28)25(24-15)10-16(27)22-13-3-5-14(6-4-13)29-18(19,20)21/h3-9H,10H2,1-2H3,(H,22,27). The lowest BCUT2D eigenvalue weighted by Crippen LogP contribution is -2.30. The van der Waals surface area contributed by atoms with Crippen molar-refractivity contribution in [1.82, 2.24) is 19.6 Å². The Bertz CT molecular complexity index is 1090. The second-order valence-corrected chi connectivity index (χ2v) is 6.15. The summed E-state index contributed by atoms with van der Waals surface area (Å²) >= 11 is 0. The van der Waals surface area contributed by atoms with Crippen molar-refractivity contribution in [2.45, 2.75) is 26.8 Å². The summed E-state index contributed by atoms with van der Waals surface area (Å²) in [7, 11) is 0. The summed E-state index contributed by atoms with van der Waals surface area (Å²) in [6.45, 7) is 3.26. The molecular formula is C18H16F3N5O3. The molecule has 3 aromatic rings. The predicted octanol–water partition coefficient (Wildman–Crippen LogP) is 2.58. The van der Waals surface area contributed by atoms with Gasteiger partial charge < -0.3 is 10.1 Å². The number of aryl methyl sites for hydroxylation is 2. The molecule has 29 heavy (non-hydrogen) atoms. The van der Waals surface area contributed by atoms with Gasteiger partial charge in [-0.25, -0.2) is 9.36 Å². The molecule has 1 aromatic carbocycles. The lowest BCUT2D eigenvalue weighted by Gasteiger charge is -2.11. The molecule has 1 N–H and O–H groups in total. The molecule has 0 saturated heterocycles. The van der Waals surface area contributed by atoms with Crippen molar-refractivity contribution in [3.05, 3.63) is 64.2 Å². The van der Waals surface area contributed by atoms with Crippen LogP contribution in [-0.2, 0) is 11.3 Å². The van der Waals surface area contributed by atoms with Crippen LogP contribution in [0.3, 0.4) is 0 Å². The van der Waals surface area contributed by atoms with Gasteiger partial charge in [0.15, 0.2) is 5.82 Å². The minimum atomic E-state index is -4.80. The third-order valence-electron chi connectivity index (χ3n) is 3.74. The van der Waals surface area contributed by atoms with E-state index >= 15 is 0 Å². The minimum Gasteiger partial charge on any atom is -0.406 e. The van der Waals surface area contributed by atoms with Crippen molar-refractivity contribution < 1.29 is 22.7 Å². The fourth-order valence-corrected chi connectivity index (χ4v) is 2.60. The molecule has 0 unspecified atom stereocenters. The smallest absolute Gasteiger partial charge is 0.406 e. The average molecular weight is 407 g/mol. The van der Waals surface area contributed by atoms with Crippen LogP contribution < -0.4 is 15.6 Å². The van der Waals surface area contributed by atoms with Crippen LogP contribution in [0.15, 0.2) is 47.3 Å². The number of halogens is 3. The van der Waals surface area contributed by atoms with Crippen molar-refractivity contribution in [3.63, 3.8) is 0 Å². The van der Waals surface area contributed by atoms with E-state index in [-0.39, 0.29) is 12.2 Å². The van der Waals surface area contributed by atoms with Crippen molar-refractivity contribution in [3.8, 4) is 11.6 Å². The highest BCUT2D eigenvalue weighted by Crippen LogP contribution is 2.23. The molecule has 0 atom stereocenters. The maximum absolute atomic E-state index is 12.2. The number of rotatable bonds is 5. The van der Waals surface area contributed by atoms with Crippen LogP contribution in [0.2, 0.25) is 0 Å². The topological polar surface area (TPSA) is 91.0 Å². The highest BCUT2D eigenvalue weighted by Gasteiger charge is 2.30. The molecular weight excluding hydrogens is 391 g/mol. The Balaban J connectivity index is 1.71. The molecule has 0 bridgehead atoms. The third-order valence-corrected chi connectivity index (χ3v) is 3.74. The van der Waals surface area contributed by atoms with Crippen molar-refractivity contribution in [2.24, 2.45) is 0 Å². The van der Waals surface area contributed by atoms with E-state index < -0.39 is 23.6 Å². The van der Waals surface area contributed by atoms with E-state index in [0.29, 0.717) is 5.82 Å². The van der Waals surface area contributed by atoms with Crippen LogP contribution >= 0.6 is 0 Å². The first kappa shape index (κ1) is 20.1. The zero-order valence-electron chi connectivity index (χ0n) is 15.4. The fraction of sp³-hybridized carbons (Fsp3) is 0.222. The zero-order chi connectivity index (χ0) is 21.2. The van der Waals surface area contributed by atoms with Gasteiger partial charge in [0.05, 0.1) is 5.69 Å². The number of ether oxygens (including phenoxy) is 1. The Hall–Kier alpha value is -3.63. The number of hydrogen-bond donors (Lipinski definition) is 1. The quantitative estimate of drug-likeness (QED) is 0.702. The van der Waals surface area contributed by atoms with Gasteiger partial charge >= 0.3 is 6.36 Å². The molecule has 8 nitrogen and oxygen atoms in total. The molecule has 152 valence electrons. The van der Waals surface area contributed by atoms with E-state index in [4.69, 9.17) is 0 Å². The molecule has 0 aliphatic heterocycles. The molecule has 0 aliphatic rings. The summed E-state index contributed by atoms with van der Waals surface area (Å²) in [5.74, 6) is -0.614. The van der Waals surface area contributed by atoms with Gasteiger partial charge in [-0.05, 0) is 50.2 Å². The number of carbonyl (C=O) groups is 1. The van der Waals surface area contributed by atoms with Crippen molar-refractivity contribution in [1.29, 1.82) is 0 Å². The summed E-state index contributed by atoms with van der Waals surface area (Å²) < 4.78 is 42.8. The van der Waals surface area contributed by atoms with Gasteiger partial charge in [0.1, 0.15) is 12.3 Å². The maximum Gasteiger partial charge on any atom is 0.573 e. The van der Waals surface area contributed by atoms with Crippen molar-refractivity contribution in [2.75, 3.05) is 5.32 Å². The highest BCUT2D eigenvalue weighted by atomic mass is 19.4. The summed E-state index contributed by atoms with van der Waals surface area (Å²) in [4.78, 5) is 24.2. The molecule has 0 fully saturated rings. The normalized spacial score (nSPS) is 11.3. The van der Waals surface area contributed by atoms with Gasteiger partial charge in [-0.15, -0.1) is 18.3 Å². The van der Waals surface area contributed by atoms with E-state index in [2.05, 4.69) is 20.3 Å². The average Bonchev–Trinajstić information content (AvgIpc) is 2.95. The Kier molecular flexibility index (Phi) is 5.39. The summed E-state index contributed by atoms with van der Waals surface area (Å²) in [5.41, 5.74) is 1.34. The first-order chi connectivity index (χ1) is 13.6. The van der Waals surface area contributed by atoms with Crippen LogP contribution in [0.5, 0.6) is 5.75 Å². The number of nitrogens with one attached hydrogen (secondary N) is 1. The number of amides is 1. The Labute approximate surface area is 162 Å². The third kappa shape index (κ3) is 5.21.